The molecule has 26 heavy (non-hydrogen) atoms. The van der Waals surface area contributed by atoms with Crippen LogP contribution in [0.2, 0.25) is 10.0 Å². The summed E-state index contributed by atoms with van der Waals surface area (Å²) in [5, 5.41) is 3.95. The van der Waals surface area contributed by atoms with Crippen LogP contribution in [0.3, 0.4) is 0 Å². The minimum Gasteiger partial charge on any atom is -0.493 e. The standard InChI is InChI=1S/C18H13BrCl2N2O2S/c1-2-25-14-7-6-10(8-11(14)19)9-15-17(24)23-18(26-15)22-13-5-3-4-12(20)16(13)21/h3-9H,2H2,1H3,(H,22,23,24)/b15-9-. The van der Waals surface area contributed by atoms with Gasteiger partial charge in [0.15, 0.2) is 5.17 Å². The Morgan fingerprint density at radius 3 is 2.85 bits per heavy atom. The van der Waals surface area contributed by atoms with Gasteiger partial charge in [-0.1, -0.05) is 35.3 Å². The predicted molar refractivity (Wildman–Crippen MR) is 113 cm³/mol. The van der Waals surface area contributed by atoms with Gasteiger partial charge in [-0.15, -0.1) is 0 Å². The van der Waals surface area contributed by atoms with Crippen LogP contribution < -0.4 is 10.1 Å². The smallest absolute Gasteiger partial charge is 0.264 e. The van der Waals surface area contributed by atoms with Crippen molar-refractivity contribution in [3.8, 4) is 5.75 Å². The van der Waals surface area contributed by atoms with Crippen LogP contribution in [0.4, 0.5) is 5.69 Å². The SMILES string of the molecule is CCOc1ccc(/C=C2\SC(=Nc3cccc(Cl)c3Cl)NC2=O)cc1Br. The summed E-state index contributed by atoms with van der Waals surface area (Å²) in [6.07, 6.45) is 1.79. The van der Waals surface area contributed by atoms with Gasteiger partial charge in [0, 0.05) is 0 Å². The Labute approximate surface area is 173 Å². The molecule has 8 heteroatoms. The Morgan fingerprint density at radius 1 is 1.31 bits per heavy atom. The second-order valence-corrected chi connectivity index (χ2v) is 7.85. The van der Waals surface area contributed by atoms with E-state index in [2.05, 4.69) is 26.2 Å². The molecule has 134 valence electrons. The lowest BCUT2D eigenvalue weighted by Gasteiger charge is -2.06. The van der Waals surface area contributed by atoms with Crippen molar-refractivity contribution in [2.75, 3.05) is 6.61 Å². The molecule has 1 aliphatic rings. The molecule has 0 radical (unpaired) electrons. The minimum atomic E-state index is -0.211. The zero-order valence-electron chi connectivity index (χ0n) is 13.6. The number of ether oxygens (including phenoxy) is 1. The first-order valence-electron chi connectivity index (χ1n) is 7.64. The van der Waals surface area contributed by atoms with Crippen LogP contribution in [-0.4, -0.2) is 17.7 Å². The highest BCUT2D eigenvalue weighted by molar-refractivity contribution is 9.10. The largest absolute Gasteiger partial charge is 0.493 e. The highest BCUT2D eigenvalue weighted by Crippen LogP contribution is 2.35. The highest BCUT2D eigenvalue weighted by Gasteiger charge is 2.24. The van der Waals surface area contributed by atoms with Crippen LogP contribution in [0.1, 0.15) is 12.5 Å². The fourth-order valence-corrected chi connectivity index (χ4v) is 3.88. The summed E-state index contributed by atoms with van der Waals surface area (Å²) in [5.74, 6) is 0.549. The maximum absolute atomic E-state index is 12.2. The quantitative estimate of drug-likeness (QED) is 0.552. The Balaban J connectivity index is 1.83. The molecule has 1 N–H and O–H groups in total. The van der Waals surface area contributed by atoms with E-state index in [0.717, 1.165) is 15.8 Å². The second kappa shape index (κ2) is 8.48. The van der Waals surface area contributed by atoms with E-state index in [1.807, 2.05) is 25.1 Å². The van der Waals surface area contributed by atoms with Gasteiger partial charge >= 0.3 is 0 Å². The highest BCUT2D eigenvalue weighted by atomic mass is 79.9. The molecule has 1 amide bonds. The lowest BCUT2D eigenvalue weighted by atomic mass is 10.2. The number of nitrogens with zero attached hydrogens (tertiary/aromatic N) is 1. The van der Waals surface area contributed by atoms with Crippen LogP contribution in [0.25, 0.3) is 6.08 Å². The maximum Gasteiger partial charge on any atom is 0.264 e. The van der Waals surface area contributed by atoms with Gasteiger partial charge in [-0.2, -0.15) is 0 Å². The Morgan fingerprint density at radius 2 is 2.12 bits per heavy atom. The van der Waals surface area contributed by atoms with Gasteiger partial charge in [0.2, 0.25) is 0 Å². The van der Waals surface area contributed by atoms with Gasteiger partial charge in [0.1, 0.15) is 5.75 Å². The van der Waals surface area contributed by atoms with Crippen molar-refractivity contribution in [1.82, 2.24) is 5.32 Å². The molecule has 0 bridgehead atoms. The predicted octanol–water partition coefficient (Wildman–Crippen LogP) is 6.05. The number of rotatable bonds is 4. The Bertz CT molecular complexity index is 931. The van der Waals surface area contributed by atoms with E-state index in [9.17, 15) is 4.79 Å². The number of amidine groups is 1. The van der Waals surface area contributed by atoms with E-state index < -0.39 is 0 Å². The first kappa shape index (κ1) is 19.3. The molecule has 3 rings (SSSR count). The number of amides is 1. The molecule has 1 saturated heterocycles. The molecule has 1 fully saturated rings. The van der Waals surface area contributed by atoms with Crippen LogP contribution in [0.5, 0.6) is 5.75 Å². The van der Waals surface area contributed by atoms with Crippen molar-refractivity contribution >= 4 is 73.7 Å². The van der Waals surface area contributed by atoms with Gasteiger partial charge < -0.3 is 10.1 Å². The number of hydrogen-bond acceptors (Lipinski definition) is 4. The summed E-state index contributed by atoms with van der Waals surface area (Å²) in [5.41, 5.74) is 1.38. The molecule has 0 unspecified atom stereocenters. The first-order valence-corrected chi connectivity index (χ1v) is 10.0. The van der Waals surface area contributed by atoms with Crippen molar-refractivity contribution < 1.29 is 9.53 Å². The molecule has 0 atom stereocenters. The lowest BCUT2D eigenvalue weighted by Crippen LogP contribution is -2.19. The van der Waals surface area contributed by atoms with Gasteiger partial charge in [-0.3, -0.25) is 4.79 Å². The molecule has 4 nitrogen and oxygen atoms in total. The topological polar surface area (TPSA) is 50.7 Å². The molecule has 2 aromatic carbocycles. The molecule has 0 aromatic heterocycles. The summed E-state index contributed by atoms with van der Waals surface area (Å²) in [6, 6.07) is 10.8. The van der Waals surface area contributed by atoms with E-state index >= 15 is 0 Å². The third kappa shape index (κ3) is 4.43. The number of thioether (sulfide) groups is 1. The molecular formula is C18H13BrCl2N2O2S. The molecule has 0 aliphatic carbocycles. The summed E-state index contributed by atoms with van der Waals surface area (Å²) in [6.45, 7) is 2.51. The van der Waals surface area contributed by atoms with E-state index in [1.165, 1.54) is 11.8 Å². The summed E-state index contributed by atoms with van der Waals surface area (Å²) in [7, 11) is 0. The number of aliphatic imine (C=N–C) groups is 1. The van der Waals surface area contributed by atoms with Crippen molar-refractivity contribution in [3.05, 3.63) is 61.4 Å². The average molecular weight is 472 g/mol. The van der Waals surface area contributed by atoms with Crippen LogP contribution in [-0.2, 0) is 4.79 Å². The van der Waals surface area contributed by atoms with Crippen LogP contribution in [0, 0.1) is 0 Å². The van der Waals surface area contributed by atoms with Gasteiger partial charge in [-0.25, -0.2) is 4.99 Å². The van der Waals surface area contributed by atoms with Crippen LogP contribution in [0.15, 0.2) is 50.8 Å². The summed E-state index contributed by atoms with van der Waals surface area (Å²) in [4.78, 5) is 17.1. The van der Waals surface area contributed by atoms with E-state index in [1.54, 1.807) is 24.3 Å². The number of halogens is 3. The second-order valence-electron chi connectivity index (χ2n) is 5.18. The lowest BCUT2D eigenvalue weighted by molar-refractivity contribution is -0.115. The molecular weight excluding hydrogens is 459 g/mol. The van der Waals surface area contributed by atoms with Gasteiger partial charge in [-0.05, 0) is 70.5 Å². The number of hydrogen-bond donors (Lipinski definition) is 1. The third-order valence-electron chi connectivity index (χ3n) is 3.36. The number of carbonyl (C=O) groups is 1. The molecule has 1 aliphatic heterocycles. The zero-order chi connectivity index (χ0) is 18.7. The first-order chi connectivity index (χ1) is 12.5. The fraction of sp³-hybridized carbons (Fsp3) is 0.111. The van der Waals surface area contributed by atoms with Crippen LogP contribution >= 0.6 is 50.9 Å². The minimum absolute atomic E-state index is 0.211. The molecule has 2 aromatic rings. The zero-order valence-corrected chi connectivity index (χ0v) is 17.5. The van der Waals surface area contributed by atoms with E-state index in [-0.39, 0.29) is 5.91 Å². The Kier molecular flexibility index (Phi) is 6.29. The van der Waals surface area contributed by atoms with Crippen molar-refractivity contribution in [1.29, 1.82) is 0 Å². The molecule has 0 spiro atoms. The van der Waals surface area contributed by atoms with E-state index in [0.29, 0.717) is 32.4 Å². The van der Waals surface area contributed by atoms with Crippen molar-refractivity contribution in [3.63, 3.8) is 0 Å². The monoisotopic (exact) mass is 470 g/mol. The van der Waals surface area contributed by atoms with Gasteiger partial charge in [0.05, 0.1) is 31.7 Å². The summed E-state index contributed by atoms with van der Waals surface area (Å²) < 4.78 is 6.32. The number of benzene rings is 2. The fourth-order valence-electron chi connectivity index (χ4n) is 2.20. The average Bonchev–Trinajstić information content (AvgIpc) is 2.94. The maximum atomic E-state index is 12.2. The van der Waals surface area contributed by atoms with Crippen molar-refractivity contribution in [2.45, 2.75) is 6.92 Å². The number of carbonyl (C=O) groups excluding carboxylic acids is 1. The van der Waals surface area contributed by atoms with Gasteiger partial charge in [0.25, 0.3) is 5.91 Å². The Hall–Kier alpha value is -1.47. The van der Waals surface area contributed by atoms with E-state index in [4.69, 9.17) is 27.9 Å². The molecule has 0 saturated carbocycles. The van der Waals surface area contributed by atoms with Crippen molar-refractivity contribution in [2.24, 2.45) is 4.99 Å². The summed E-state index contributed by atoms with van der Waals surface area (Å²) >= 11 is 16.8. The normalized spacial score (nSPS) is 17.0. The number of nitrogens with one attached hydrogen (secondary N) is 1. The third-order valence-corrected chi connectivity index (χ3v) is 5.70. The molecule has 1 heterocycles.